The third-order valence-electron chi connectivity index (χ3n) is 3.59. The van der Waals surface area contributed by atoms with Crippen molar-refractivity contribution in [3.8, 4) is 0 Å². The van der Waals surface area contributed by atoms with Crippen LogP contribution in [0.3, 0.4) is 0 Å². The van der Waals surface area contributed by atoms with Crippen molar-refractivity contribution in [2.45, 2.75) is 38.6 Å². The van der Waals surface area contributed by atoms with E-state index in [0.29, 0.717) is 6.04 Å². The first-order valence-electron chi connectivity index (χ1n) is 6.24. The molecule has 1 aliphatic heterocycles. The van der Waals surface area contributed by atoms with Crippen LogP contribution in [0.1, 0.15) is 32.6 Å². The minimum Gasteiger partial charge on any atom is -0.329 e. The molecule has 0 aromatic heterocycles. The van der Waals surface area contributed by atoms with Gasteiger partial charge in [-0.2, -0.15) is 11.8 Å². The molecule has 90 valence electrons. The van der Waals surface area contributed by atoms with E-state index < -0.39 is 0 Å². The average molecular weight is 230 g/mol. The number of likely N-dealkylation sites (tertiary alicyclic amines) is 1. The summed E-state index contributed by atoms with van der Waals surface area (Å²) < 4.78 is 0. The number of rotatable bonds is 6. The van der Waals surface area contributed by atoms with Gasteiger partial charge in [-0.25, -0.2) is 0 Å². The summed E-state index contributed by atoms with van der Waals surface area (Å²) in [6.07, 6.45) is 7.53. The summed E-state index contributed by atoms with van der Waals surface area (Å²) >= 11 is 1.95. The Kier molecular flexibility index (Phi) is 6.69. The zero-order chi connectivity index (χ0) is 11.1. The van der Waals surface area contributed by atoms with Crippen molar-refractivity contribution >= 4 is 11.8 Å². The van der Waals surface area contributed by atoms with E-state index in [1.165, 1.54) is 44.5 Å². The fourth-order valence-electron chi connectivity index (χ4n) is 2.51. The molecule has 0 bridgehead atoms. The molecule has 0 saturated carbocycles. The van der Waals surface area contributed by atoms with Crippen molar-refractivity contribution in [3.05, 3.63) is 0 Å². The fourth-order valence-corrected chi connectivity index (χ4v) is 2.92. The summed E-state index contributed by atoms with van der Waals surface area (Å²) in [5.41, 5.74) is 5.87. The van der Waals surface area contributed by atoms with Gasteiger partial charge in [-0.05, 0) is 50.3 Å². The molecule has 2 nitrogen and oxygen atoms in total. The summed E-state index contributed by atoms with van der Waals surface area (Å²) in [7, 11) is 0. The lowest BCUT2D eigenvalue weighted by molar-refractivity contribution is 0.115. The van der Waals surface area contributed by atoms with Gasteiger partial charge in [-0.15, -0.1) is 0 Å². The minimum absolute atomic E-state index is 0.658. The van der Waals surface area contributed by atoms with Crippen LogP contribution in [0, 0.1) is 5.92 Å². The van der Waals surface area contributed by atoms with Crippen LogP contribution in [0.5, 0.6) is 0 Å². The van der Waals surface area contributed by atoms with Crippen molar-refractivity contribution in [1.29, 1.82) is 0 Å². The number of nitrogens with two attached hydrogens (primary N) is 1. The number of thioether (sulfide) groups is 1. The lowest BCUT2D eigenvalue weighted by atomic mass is 9.89. The summed E-state index contributed by atoms with van der Waals surface area (Å²) in [5.74, 6) is 2.21. The summed E-state index contributed by atoms with van der Waals surface area (Å²) in [6, 6.07) is 0.658. The zero-order valence-corrected chi connectivity index (χ0v) is 11.1. The molecule has 1 saturated heterocycles. The highest BCUT2D eigenvalue weighted by molar-refractivity contribution is 7.98. The molecule has 0 radical (unpaired) electrons. The second kappa shape index (κ2) is 7.53. The molecule has 0 aromatic carbocycles. The molecule has 0 aliphatic carbocycles. The Bertz CT molecular complexity index is 162. The Morgan fingerprint density at radius 2 is 2.27 bits per heavy atom. The van der Waals surface area contributed by atoms with E-state index >= 15 is 0 Å². The highest BCUT2D eigenvalue weighted by Crippen LogP contribution is 2.24. The van der Waals surface area contributed by atoms with E-state index in [1.54, 1.807) is 0 Å². The molecule has 0 amide bonds. The molecule has 2 N–H and O–H groups in total. The number of piperidine rings is 1. The van der Waals surface area contributed by atoms with Gasteiger partial charge in [-0.3, -0.25) is 4.90 Å². The molecule has 2 atom stereocenters. The third-order valence-corrected chi connectivity index (χ3v) is 4.29. The van der Waals surface area contributed by atoms with Gasteiger partial charge in [0.05, 0.1) is 0 Å². The van der Waals surface area contributed by atoms with Crippen LogP contribution in [0.15, 0.2) is 0 Å². The van der Waals surface area contributed by atoms with Crippen molar-refractivity contribution in [2.75, 3.05) is 31.6 Å². The molecular weight excluding hydrogens is 204 g/mol. The van der Waals surface area contributed by atoms with Crippen LogP contribution >= 0.6 is 11.8 Å². The summed E-state index contributed by atoms with van der Waals surface area (Å²) in [6.45, 7) is 5.67. The van der Waals surface area contributed by atoms with E-state index in [4.69, 9.17) is 5.73 Å². The maximum atomic E-state index is 5.87. The van der Waals surface area contributed by atoms with E-state index in [1.807, 2.05) is 11.8 Å². The van der Waals surface area contributed by atoms with Gasteiger partial charge >= 0.3 is 0 Å². The van der Waals surface area contributed by atoms with Crippen LogP contribution in [-0.4, -0.2) is 42.6 Å². The van der Waals surface area contributed by atoms with E-state index in [0.717, 1.165) is 12.5 Å². The maximum absolute atomic E-state index is 5.87. The molecule has 0 aromatic rings. The monoisotopic (exact) mass is 230 g/mol. The van der Waals surface area contributed by atoms with Gasteiger partial charge in [0.25, 0.3) is 0 Å². The van der Waals surface area contributed by atoms with E-state index in [9.17, 15) is 0 Å². The number of hydrogen-bond acceptors (Lipinski definition) is 3. The molecule has 1 rings (SSSR count). The molecule has 1 aliphatic rings. The van der Waals surface area contributed by atoms with Gasteiger partial charge in [0.15, 0.2) is 0 Å². The molecule has 3 heteroatoms. The van der Waals surface area contributed by atoms with Gasteiger partial charge in [-0.1, -0.05) is 13.3 Å². The largest absolute Gasteiger partial charge is 0.329 e. The summed E-state index contributed by atoms with van der Waals surface area (Å²) in [4.78, 5) is 2.61. The van der Waals surface area contributed by atoms with Crippen molar-refractivity contribution in [2.24, 2.45) is 11.7 Å². The predicted octanol–water partition coefficient (Wildman–Crippen LogP) is 2.19. The number of hydrogen-bond donors (Lipinski definition) is 1. The van der Waals surface area contributed by atoms with E-state index in [-0.39, 0.29) is 0 Å². The lowest BCUT2D eigenvalue weighted by Crippen LogP contribution is -2.46. The maximum Gasteiger partial charge on any atom is 0.0221 e. The van der Waals surface area contributed by atoms with Crippen molar-refractivity contribution in [3.63, 3.8) is 0 Å². The Hall–Kier alpha value is 0.270. The van der Waals surface area contributed by atoms with Crippen LogP contribution < -0.4 is 5.73 Å². The minimum atomic E-state index is 0.658. The van der Waals surface area contributed by atoms with Gasteiger partial charge < -0.3 is 5.73 Å². The lowest BCUT2D eigenvalue weighted by Gasteiger charge is -2.38. The zero-order valence-electron chi connectivity index (χ0n) is 10.2. The highest BCUT2D eigenvalue weighted by Gasteiger charge is 2.25. The number of nitrogens with zero attached hydrogens (tertiary/aromatic N) is 1. The van der Waals surface area contributed by atoms with Gasteiger partial charge in [0, 0.05) is 12.6 Å². The molecule has 1 heterocycles. The first-order chi connectivity index (χ1) is 7.31. The topological polar surface area (TPSA) is 29.3 Å². The Labute approximate surface area is 99.0 Å². The Morgan fingerprint density at radius 1 is 1.47 bits per heavy atom. The van der Waals surface area contributed by atoms with Crippen molar-refractivity contribution in [1.82, 2.24) is 4.90 Å². The van der Waals surface area contributed by atoms with E-state index in [2.05, 4.69) is 18.1 Å². The molecular formula is C12H26N2S. The predicted molar refractivity (Wildman–Crippen MR) is 70.4 cm³/mol. The second-order valence-electron chi connectivity index (χ2n) is 4.57. The molecule has 1 fully saturated rings. The first kappa shape index (κ1) is 13.3. The van der Waals surface area contributed by atoms with Crippen LogP contribution in [0.2, 0.25) is 0 Å². The van der Waals surface area contributed by atoms with Crippen molar-refractivity contribution < 1.29 is 0 Å². The third kappa shape index (κ3) is 4.33. The quantitative estimate of drug-likeness (QED) is 0.709. The molecule has 0 spiro atoms. The molecule has 15 heavy (non-hydrogen) atoms. The first-order valence-corrected chi connectivity index (χ1v) is 7.64. The van der Waals surface area contributed by atoms with Crippen LogP contribution in [0.25, 0.3) is 0 Å². The SMILES string of the molecule is CCC1CCN(CCCSC)C(CN)C1. The highest BCUT2D eigenvalue weighted by atomic mass is 32.2. The van der Waals surface area contributed by atoms with Crippen LogP contribution in [-0.2, 0) is 0 Å². The second-order valence-corrected chi connectivity index (χ2v) is 5.56. The van der Waals surface area contributed by atoms with Gasteiger partial charge in [0.2, 0.25) is 0 Å². The Morgan fingerprint density at radius 3 is 2.87 bits per heavy atom. The standard InChI is InChI=1S/C12H26N2S/c1-3-11-5-7-14(6-4-8-15-2)12(9-11)10-13/h11-12H,3-10,13H2,1-2H3. The normalized spacial score (nSPS) is 28.2. The molecule has 2 unspecified atom stereocenters. The summed E-state index contributed by atoms with van der Waals surface area (Å²) in [5, 5.41) is 0. The Balaban J connectivity index is 2.30. The smallest absolute Gasteiger partial charge is 0.0221 e. The average Bonchev–Trinajstić information content (AvgIpc) is 2.29. The van der Waals surface area contributed by atoms with Gasteiger partial charge in [0.1, 0.15) is 0 Å². The van der Waals surface area contributed by atoms with Crippen LogP contribution in [0.4, 0.5) is 0 Å². The fraction of sp³-hybridized carbons (Fsp3) is 1.00.